The first kappa shape index (κ1) is 15.3. The molecule has 0 unspecified atom stereocenters. The maximum atomic E-state index is 5.14. The molecule has 0 amide bonds. The van der Waals surface area contributed by atoms with Crippen LogP contribution < -0.4 is 10.2 Å². The predicted octanol–water partition coefficient (Wildman–Crippen LogP) is 2.69. The number of hydrogen-bond donors (Lipinski definition) is 1. The van der Waals surface area contributed by atoms with Gasteiger partial charge in [-0.2, -0.15) is 0 Å². The first-order chi connectivity index (χ1) is 10.2. The molecule has 1 N–H and O–H groups in total. The first-order valence-corrected chi connectivity index (χ1v) is 7.08. The van der Waals surface area contributed by atoms with E-state index in [-0.39, 0.29) is 0 Å². The minimum Gasteiger partial charge on any atom is -0.377 e. The molecule has 2 rings (SSSR count). The number of methoxy groups -OCH3 is 1. The van der Waals surface area contributed by atoms with Gasteiger partial charge in [-0.3, -0.25) is 0 Å². The van der Waals surface area contributed by atoms with Gasteiger partial charge in [0.15, 0.2) is 5.82 Å². The van der Waals surface area contributed by atoms with Crippen LogP contribution in [-0.2, 0) is 17.9 Å². The Bertz CT molecular complexity index is 535. The molecule has 1 heterocycles. The van der Waals surface area contributed by atoms with Crippen LogP contribution in [0, 0.1) is 0 Å². The molecule has 21 heavy (non-hydrogen) atoms. The van der Waals surface area contributed by atoms with E-state index in [1.807, 2.05) is 38.2 Å². The predicted molar refractivity (Wildman–Crippen MR) is 85.5 cm³/mol. The molecule has 0 saturated carbocycles. The van der Waals surface area contributed by atoms with E-state index in [0.717, 1.165) is 24.7 Å². The summed E-state index contributed by atoms with van der Waals surface area (Å²) in [6.45, 7) is 4.08. The molecule has 1 aromatic heterocycles. The lowest BCUT2D eigenvalue weighted by molar-refractivity contribution is 0.178. The lowest BCUT2D eigenvalue weighted by atomic mass is 10.2. The number of nitrogens with one attached hydrogen (secondary N) is 1. The molecule has 5 heteroatoms. The zero-order chi connectivity index (χ0) is 15.1. The average Bonchev–Trinajstić information content (AvgIpc) is 2.49. The van der Waals surface area contributed by atoms with E-state index in [1.54, 1.807) is 7.11 Å². The summed E-state index contributed by atoms with van der Waals surface area (Å²) in [4.78, 5) is 11.1. The van der Waals surface area contributed by atoms with Crippen LogP contribution in [0.15, 0.2) is 36.4 Å². The summed E-state index contributed by atoms with van der Waals surface area (Å²) >= 11 is 0. The minimum absolute atomic E-state index is 0.408. The Morgan fingerprint density at radius 2 is 1.95 bits per heavy atom. The topological polar surface area (TPSA) is 50.3 Å². The second-order valence-electron chi connectivity index (χ2n) is 4.83. The Hall–Kier alpha value is -2.14. The van der Waals surface area contributed by atoms with Gasteiger partial charge in [0.2, 0.25) is 0 Å². The summed E-state index contributed by atoms with van der Waals surface area (Å²) in [5, 5.41) is 3.23. The second kappa shape index (κ2) is 7.59. The molecule has 5 nitrogen and oxygen atoms in total. The van der Waals surface area contributed by atoms with E-state index >= 15 is 0 Å². The SMILES string of the molecule is CCNc1cc(N(C)Cc2ccccc2)nc(COC)n1. The normalized spacial score (nSPS) is 10.4. The summed E-state index contributed by atoms with van der Waals surface area (Å²) in [6, 6.07) is 12.3. The standard InChI is InChI=1S/C16H22N4O/c1-4-17-14-10-16(19-15(18-14)12-21-3)20(2)11-13-8-6-5-7-9-13/h5-10H,4,11-12H2,1-3H3,(H,17,18,19). The quantitative estimate of drug-likeness (QED) is 0.848. The highest BCUT2D eigenvalue weighted by atomic mass is 16.5. The summed E-state index contributed by atoms with van der Waals surface area (Å²) < 4.78 is 5.14. The van der Waals surface area contributed by atoms with Crippen molar-refractivity contribution >= 4 is 11.6 Å². The molecule has 0 saturated heterocycles. The number of nitrogens with zero attached hydrogens (tertiary/aromatic N) is 3. The zero-order valence-corrected chi connectivity index (χ0v) is 12.8. The van der Waals surface area contributed by atoms with Gasteiger partial charge in [0.25, 0.3) is 0 Å². The van der Waals surface area contributed by atoms with Crippen LogP contribution in [0.2, 0.25) is 0 Å². The fourth-order valence-electron chi connectivity index (χ4n) is 2.08. The van der Waals surface area contributed by atoms with Crippen molar-refractivity contribution in [2.45, 2.75) is 20.1 Å². The maximum absolute atomic E-state index is 5.14. The van der Waals surface area contributed by atoms with Crippen molar-refractivity contribution in [2.24, 2.45) is 0 Å². The number of anilines is 2. The smallest absolute Gasteiger partial charge is 0.158 e. The van der Waals surface area contributed by atoms with E-state index in [2.05, 4.69) is 32.3 Å². The Labute approximate surface area is 126 Å². The van der Waals surface area contributed by atoms with Gasteiger partial charge in [-0.1, -0.05) is 30.3 Å². The number of benzene rings is 1. The number of aromatic nitrogens is 2. The fourth-order valence-corrected chi connectivity index (χ4v) is 2.08. The second-order valence-corrected chi connectivity index (χ2v) is 4.83. The lowest BCUT2D eigenvalue weighted by Crippen LogP contribution is -2.19. The third-order valence-electron chi connectivity index (χ3n) is 3.04. The number of hydrogen-bond acceptors (Lipinski definition) is 5. The van der Waals surface area contributed by atoms with Crippen LogP contribution in [0.4, 0.5) is 11.6 Å². The molecule has 112 valence electrons. The van der Waals surface area contributed by atoms with Crippen LogP contribution >= 0.6 is 0 Å². The van der Waals surface area contributed by atoms with Gasteiger partial charge in [0.1, 0.15) is 18.2 Å². The van der Waals surface area contributed by atoms with Crippen molar-refractivity contribution in [2.75, 3.05) is 30.9 Å². The molecule has 0 radical (unpaired) electrons. The fraction of sp³-hybridized carbons (Fsp3) is 0.375. The third kappa shape index (κ3) is 4.43. The molecule has 0 bridgehead atoms. The highest BCUT2D eigenvalue weighted by Gasteiger charge is 2.09. The Morgan fingerprint density at radius 1 is 1.19 bits per heavy atom. The monoisotopic (exact) mass is 286 g/mol. The van der Waals surface area contributed by atoms with Gasteiger partial charge < -0.3 is 15.0 Å². The largest absolute Gasteiger partial charge is 0.377 e. The molecule has 2 aromatic rings. The molecule has 0 spiro atoms. The summed E-state index contributed by atoms with van der Waals surface area (Å²) in [5.74, 6) is 2.40. The zero-order valence-electron chi connectivity index (χ0n) is 12.8. The van der Waals surface area contributed by atoms with Crippen molar-refractivity contribution < 1.29 is 4.74 Å². The van der Waals surface area contributed by atoms with Crippen molar-refractivity contribution in [3.8, 4) is 0 Å². The lowest BCUT2D eigenvalue weighted by Gasteiger charge is -2.20. The average molecular weight is 286 g/mol. The summed E-state index contributed by atoms with van der Waals surface area (Å²) in [5.41, 5.74) is 1.25. The van der Waals surface area contributed by atoms with Crippen LogP contribution in [0.25, 0.3) is 0 Å². The van der Waals surface area contributed by atoms with Crippen molar-refractivity contribution in [1.82, 2.24) is 9.97 Å². The van der Waals surface area contributed by atoms with Gasteiger partial charge in [0, 0.05) is 33.3 Å². The minimum atomic E-state index is 0.408. The van der Waals surface area contributed by atoms with E-state index in [9.17, 15) is 0 Å². The third-order valence-corrected chi connectivity index (χ3v) is 3.04. The number of ether oxygens (including phenoxy) is 1. The molecule has 0 aliphatic carbocycles. The van der Waals surface area contributed by atoms with Crippen LogP contribution in [-0.4, -0.2) is 30.7 Å². The molecule has 0 aliphatic heterocycles. The van der Waals surface area contributed by atoms with E-state index in [0.29, 0.717) is 12.4 Å². The van der Waals surface area contributed by atoms with E-state index < -0.39 is 0 Å². The van der Waals surface area contributed by atoms with Gasteiger partial charge in [-0.25, -0.2) is 9.97 Å². The first-order valence-electron chi connectivity index (χ1n) is 7.08. The molecule has 1 aromatic carbocycles. The molecule has 0 fully saturated rings. The van der Waals surface area contributed by atoms with Gasteiger partial charge >= 0.3 is 0 Å². The maximum Gasteiger partial charge on any atom is 0.158 e. The molecule has 0 atom stereocenters. The van der Waals surface area contributed by atoms with Crippen molar-refractivity contribution in [3.63, 3.8) is 0 Å². The van der Waals surface area contributed by atoms with Gasteiger partial charge in [-0.05, 0) is 12.5 Å². The van der Waals surface area contributed by atoms with E-state index in [1.165, 1.54) is 5.56 Å². The highest BCUT2D eigenvalue weighted by molar-refractivity contribution is 5.49. The molecular weight excluding hydrogens is 264 g/mol. The highest BCUT2D eigenvalue weighted by Crippen LogP contribution is 2.17. The molecular formula is C16H22N4O. The van der Waals surface area contributed by atoms with Gasteiger partial charge in [-0.15, -0.1) is 0 Å². The van der Waals surface area contributed by atoms with Crippen molar-refractivity contribution in [3.05, 3.63) is 47.8 Å². The van der Waals surface area contributed by atoms with Crippen LogP contribution in [0.1, 0.15) is 18.3 Å². The van der Waals surface area contributed by atoms with Gasteiger partial charge in [0.05, 0.1) is 0 Å². The Balaban J connectivity index is 2.20. The van der Waals surface area contributed by atoms with Crippen LogP contribution in [0.5, 0.6) is 0 Å². The summed E-state index contributed by atoms with van der Waals surface area (Å²) in [7, 11) is 3.68. The van der Waals surface area contributed by atoms with Crippen LogP contribution in [0.3, 0.4) is 0 Å². The summed E-state index contributed by atoms with van der Waals surface area (Å²) in [6.07, 6.45) is 0. The van der Waals surface area contributed by atoms with Crippen molar-refractivity contribution in [1.29, 1.82) is 0 Å². The number of rotatable bonds is 7. The molecule has 0 aliphatic rings. The Kier molecular flexibility index (Phi) is 5.51. The Morgan fingerprint density at radius 3 is 2.62 bits per heavy atom. The van der Waals surface area contributed by atoms with E-state index in [4.69, 9.17) is 4.74 Å².